The van der Waals surface area contributed by atoms with Gasteiger partial charge >= 0.3 is 5.97 Å². The molecule has 0 unspecified atom stereocenters. The van der Waals surface area contributed by atoms with Crippen molar-refractivity contribution in [3.8, 4) is 5.69 Å². The summed E-state index contributed by atoms with van der Waals surface area (Å²) in [6, 6.07) is 5.36. The summed E-state index contributed by atoms with van der Waals surface area (Å²) in [4.78, 5) is 25.8. The largest absolute Gasteiger partial charge is 0.481 e. The van der Waals surface area contributed by atoms with E-state index in [0.717, 1.165) is 0 Å². The highest BCUT2D eigenvalue weighted by Crippen LogP contribution is 2.10. The third-order valence-corrected chi connectivity index (χ3v) is 3.22. The number of aliphatic carboxylic acids is 1. The van der Waals surface area contributed by atoms with E-state index in [2.05, 4.69) is 10.2 Å². The summed E-state index contributed by atoms with van der Waals surface area (Å²) in [5.74, 6) is -1.75. The third-order valence-electron chi connectivity index (χ3n) is 3.22. The molecule has 0 radical (unpaired) electrons. The van der Waals surface area contributed by atoms with Gasteiger partial charge in [0.2, 0.25) is 0 Å². The van der Waals surface area contributed by atoms with Gasteiger partial charge in [-0.15, -0.1) is 5.10 Å². The van der Waals surface area contributed by atoms with Crippen LogP contribution in [0, 0.1) is 5.82 Å². The van der Waals surface area contributed by atoms with Crippen molar-refractivity contribution in [2.45, 2.75) is 26.3 Å². The fraction of sp³-hybridized carbons (Fsp3) is 0.333. The van der Waals surface area contributed by atoms with Crippen LogP contribution in [0.15, 0.2) is 30.5 Å². The van der Waals surface area contributed by atoms with Crippen molar-refractivity contribution < 1.29 is 19.1 Å². The van der Waals surface area contributed by atoms with E-state index in [1.165, 1.54) is 40.2 Å². The van der Waals surface area contributed by atoms with Gasteiger partial charge < -0.3 is 10.0 Å². The summed E-state index contributed by atoms with van der Waals surface area (Å²) >= 11 is 0. The number of halogens is 1. The SMILES string of the molecule is CC(C)N(CCC(=O)O)C(=O)c1cnn(-c2ccc(F)cc2)n1. The Hall–Kier alpha value is -2.77. The Morgan fingerprint density at radius 3 is 2.52 bits per heavy atom. The maximum atomic E-state index is 12.9. The van der Waals surface area contributed by atoms with E-state index in [1.807, 2.05) is 0 Å². The molecule has 1 aromatic carbocycles. The topological polar surface area (TPSA) is 88.3 Å². The fourth-order valence-corrected chi connectivity index (χ4v) is 2.02. The van der Waals surface area contributed by atoms with Crippen LogP contribution in [0.5, 0.6) is 0 Å². The first kappa shape index (κ1) is 16.6. The number of hydrogen-bond acceptors (Lipinski definition) is 4. The normalized spacial score (nSPS) is 10.8. The lowest BCUT2D eigenvalue weighted by atomic mass is 10.2. The molecule has 2 aromatic rings. The molecular formula is C15H17FN4O3. The number of carbonyl (C=O) groups excluding carboxylic acids is 1. The van der Waals surface area contributed by atoms with Crippen LogP contribution in [0.25, 0.3) is 5.69 Å². The molecule has 0 saturated carbocycles. The smallest absolute Gasteiger partial charge is 0.305 e. The quantitative estimate of drug-likeness (QED) is 0.875. The molecule has 1 aromatic heterocycles. The van der Waals surface area contributed by atoms with Crippen LogP contribution < -0.4 is 0 Å². The van der Waals surface area contributed by atoms with Crippen LogP contribution in [0.1, 0.15) is 30.8 Å². The molecule has 0 aliphatic heterocycles. The summed E-state index contributed by atoms with van der Waals surface area (Å²) in [7, 11) is 0. The van der Waals surface area contributed by atoms with Gasteiger partial charge in [0.1, 0.15) is 5.82 Å². The van der Waals surface area contributed by atoms with Gasteiger partial charge in [-0.3, -0.25) is 9.59 Å². The zero-order valence-electron chi connectivity index (χ0n) is 12.8. The highest BCUT2D eigenvalue weighted by molar-refractivity contribution is 5.92. The Kier molecular flexibility index (Phi) is 5.05. The molecule has 0 saturated heterocycles. The molecule has 23 heavy (non-hydrogen) atoms. The van der Waals surface area contributed by atoms with Crippen LogP contribution in [0.4, 0.5) is 4.39 Å². The number of rotatable bonds is 6. The first-order valence-corrected chi connectivity index (χ1v) is 7.09. The summed E-state index contributed by atoms with van der Waals surface area (Å²) in [6.45, 7) is 3.68. The van der Waals surface area contributed by atoms with Crippen molar-refractivity contribution in [2.24, 2.45) is 0 Å². The molecule has 7 nitrogen and oxygen atoms in total. The fourth-order valence-electron chi connectivity index (χ4n) is 2.02. The zero-order chi connectivity index (χ0) is 17.0. The first-order chi connectivity index (χ1) is 10.9. The predicted octanol–water partition coefficient (Wildman–Crippen LogP) is 1.73. The maximum Gasteiger partial charge on any atom is 0.305 e. The summed E-state index contributed by atoms with van der Waals surface area (Å²) in [5.41, 5.74) is 0.625. The average molecular weight is 320 g/mol. The molecule has 2 rings (SSSR count). The third kappa shape index (κ3) is 4.12. The summed E-state index contributed by atoms with van der Waals surface area (Å²) in [5, 5.41) is 16.8. The van der Waals surface area contributed by atoms with E-state index in [9.17, 15) is 14.0 Å². The highest BCUT2D eigenvalue weighted by atomic mass is 19.1. The molecule has 1 amide bonds. The second-order valence-electron chi connectivity index (χ2n) is 5.23. The number of benzene rings is 1. The highest BCUT2D eigenvalue weighted by Gasteiger charge is 2.22. The maximum absolute atomic E-state index is 12.9. The molecule has 0 aliphatic carbocycles. The van der Waals surface area contributed by atoms with E-state index in [0.29, 0.717) is 5.69 Å². The Balaban J connectivity index is 2.18. The number of aromatic nitrogens is 3. The van der Waals surface area contributed by atoms with Crippen molar-refractivity contribution in [1.29, 1.82) is 0 Å². The molecule has 1 N–H and O–H groups in total. The van der Waals surface area contributed by atoms with E-state index in [4.69, 9.17) is 5.11 Å². The molecule has 0 bridgehead atoms. The number of carboxylic acids is 1. The summed E-state index contributed by atoms with van der Waals surface area (Å²) < 4.78 is 12.9. The van der Waals surface area contributed by atoms with E-state index in [-0.39, 0.29) is 30.5 Å². The lowest BCUT2D eigenvalue weighted by molar-refractivity contribution is -0.137. The van der Waals surface area contributed by atoms with Gasteiger partial charge in [-0.1, -0.05) is 0 Å². The van der Waals surface area contributed by atoms with Crippen molar-refractivity contribution in [1.82, 2.24) is 19.9 Å². The van der Waals surface area contributed by atoms with Crippen LogP contribution in [0.3, 0.4) is 0 Å². The minimum atomic E-state index is -0.974. The van der Waals surface area contributed by atoms with Crippen molar-refractivity contribution in [3.05, 3.63) is 42.0 Å². The lowest BCUT2D eigenvalue weighted by Crippen LogP contribution is -2.38. The Morgan fingerprint density at radius 2 is 1.96 bits per heavy atom. The van der Waals surface area contributed by atoms with E-state index >= 15 is 0 Å². The van der Waals surface area contributed by atoms with E-state index < -0.39 is 11.9 Å². The molecule has 1 heterocycles. The van der Waals surface area contributed by atoms with Gasteiger partial charge in [0, 0.05) is 12.6 Å². The number of nitrogens with zero attached hydrogens (tertiary/aromatic N) is 4. The molecular weight excluding hydrogens is 303 g/mol. The first-order valence-electron chi connectivity index (χ1n) is 7.09. The van der Waals surface area contributed by atoms with Crippen LogP contribution in [-0.2, 0) is 4.79 Å². The standard InChI is InChI=1S/C15H17FN4O3/c1-10(2)19(8-7-14(21)22)15(23)13-9-17-20(18-13)12-5-3-11(16)4-6-12/h3-6,9-10H,7-8H2,1-2H3,(H,21,22). The number of amides is 1. The van der Waals surface area contributed by atoms with Crippen molar-refractivity contribution in [2.75, 3.05) is 6.54 Å². The summed E-state index contributed by atoms with van der Waals surface area (Å²) in [6.07, 6.45) is 1.16. The van der Waals surface area contributed by atoms with Gasteiger partial charge in [0.15, 0.2) is 5.69 Å². The second-order valence-corrected chi connectivity index (χ2v) is 5.23. The van der Waals surface area contributed by atoms with Crippen molar-refractivity contribution >= 4 is 11.9 Å². The van der Waals surface area contributed by atoms with Crippen molar-refractivity contribution in [3.63, 3.8) is 0 Å². The average Bonchev–Trinajstić information content (AvgIpc) is 2.97. The molecule has 122 valence electrons. The van der Waals surface area contributed by atoms with E-state index in [1.54, 1.807) is 13.8 Å². The monoisotopic (exact) mass is 320 g/mol. The van der Waals surface area contributed by atoms with Crippen LogP contribution >= 0.6 is 0 Å². The Labute approximate surface area is 132 Å². The van der Waals surface area contributed by atoms with Crippen LogP contribution in [-0.4, -0.2) is 49.5 Å². The minimum Gasteiger partial charge on any atom is -0.481 e. The number of hydrogen-bond donors (Lipinski definition) is 1. The molecule has 0 atom stereocenters. The molecule has 0 fully saturated rings. The van der Waals surface area contributed by atoms with Gasteiger partial charge in [-0.05, 0) is 38.1 Å². The molecule has 0 aliphatic rings. The predicted molar refractivity (Wildman–Crippen MR) is 79.7 cm³/mol. The van der Waals surface area contributed by atoms with Gasteiger partial charge in [-0.2, -0.15) is 9.90 Å². The van der Waals surface area contributed by atoms with Gasteiger partial charge in [-0.25, -0.2) is 4.39 Å². The Bertz CT molecular complexity index is 697. The minimum absolute atomic E-state index is 0.0925. The molecule has 0 spiro atoms. The number of carbonyl (C=O) groups is 2. The van der Waals surface area contributed by atoms with Gasteiger partial charge in [0.05, 0.1) is 18.3 Å². The molecule has 8 heteroatoms. The number of carboxylic acid groups (broad SMARTS) is 1. The zero-order valence-corrected chi connectivity index (χ0v) is 12.8. The van der Waals surface area contributed by atoms with Gasteiger partial charge in [0.25, 0.3) is 5.91 Å². The Morgan fingerprint density at radius 1 is 1.30 bits per heavy atom. The second kappa shape index (κ2) is 6.99. The van der Waals surface area contributed by atoms with Crippen LogP contribution in [0.2, 0.25) is 0 Å². The lowest BCUT2D eigenvalue weighted by Gasteiger charge is -2.25.